The summed E-state index contributed by atoms with van der Waals surface area (Å²) in [5.41, 5.74) is 0.302. The first kappa shape index (κ1) is 12.9. The van der Waals surface area contributed by atoms with Gasteiger partial charge in [0.15, 0.2) is 0 Å². The fourth-order valence-corrected chi connectivity index (χ4v) is 1.99. The summed E-state index contributed by atoms with van der Waals surface area (Å²) in [6, 6.07) is 0. The Bertz CT molecular complexity index is 184. The van der Waals surface area contributed by atoms with Crippen LogP contribution in [0.15, 0.2) is 0 Å². The van der Waals surface area contributed by atoms with Gasteiger partial charge >= 0.3 is 0 Å². The van der Waals surface area contributed by atoms with Crippen molar-refractivity contribution >= 4 is 0 Å². The Morgan fingerprint density at radius 1 is 1.47 bits per heavy atom. The van der Waals surface area contributed by atoms with Crippen molar-refractivity contribution in [3.05, 3.63) is 0 Å². The van der Waals surface area contributed by atoms with Gasteiger partial charge in [0.05, 0.1) is 12.7 Å². The van der Waals surface area contributed by atoms with Crippen LogP contribution in [0, 0.1) is 0 Å². The second-order valence-corrected chi connectivity index (χ2v) is 5.04. The minimum absolute atomic E-state index is 0.302. The topological polar surface area (TPSA) is 24.5 Å². The monoisotopic (exact) mass is 214 g/mol. The number of ether oxygens (including phenoxy) is 1. The van der Waals surface area contributed by atoms with Crippen LogP contribution in [0.2, 0.25) is 0 Å². The first-order valence-electron chi connectivity index (χ1n) is 6.15. The summed E-state index contributed by atoms with van der Waals surface area (Å²) in [4.78, 5) is 2.50. The van der Waals surface area contributed by atoms with E-state index in [9.17, 15) is 0 Å². The van der Waals surface area contributed by atoms with Gasteiger partial charge in [0.1, 0.15) is 0 Å². The van der Waals surface area contributed by atoms with Crippen molar-refractivity contribution in [1.82, 2.24) is 10.2 Å². The third-order valence-electron chi connectivity index (χ3n) is 3.19. The van der Waals surface area contributed by atoms with Gasteiger partial charge in [-0.1, -0.05) is 6.92 Å². The molecule has 1 heterocycles. The molecule has 0 aliphatic carbocycles. The van der Waals surface area contributed by atoms with Crippen molar-refractivity contribution in [2.75, 3.05) is 32.8 Å². The fourth-order valence-electron chi connectivity index (χ4n) is 1.99. The molecule has 0 aromatic heterocycles. The molecule has 90 valence electrons. The molecule has 3 nitrogen and oxygen atoms in total. The van der Waals surface area contributed by atoms with Crippen molar-refractivity contribution in [1.29, 1.82) is 0 Å². The van der Waals surface area contributed by atoms with E-state index in [4.69, 9.17) is 4.74 Å². The lowest BCUT2D eigenvalue weighted by molar-refractivity contribution is 0.0440. The van der Waals surface area contributed by atoms with E-state index in [0.717, 1.165) is 32.8 Å². The number of nitrogens with zero attached hydrogens (tertiary/aromatic N) is 1. The maximum Gasteiger partial charge on any atom is 0.0596 e. The lowest BCUT2D eigenvalue weighted by Gasteiger charge is -2.41. The van der Waals surface area contributed by atoms with Gasteiger partial charge in [0.25, 0.3) is 0 Å². The Labute approximate surface area is 94.2 Å². The molecule has 1 aliphatic rings. The molecule has 15 heavy (non-hydrogen) atoms. The van der Waals surface area contributed by atoms with Crippen LogP contribution < -0.4 is 5.32 Å². The van der Waals surface area contributed by atoms with Crippen LogP contribution in [-0.4, -0.2) is 49.3 Å². The van der Waals surface area contributed by atoms with Gasteiger partial charge < -0.3 is 10.1 Å². The lowest BCUT2D eigenvalue weighted by atomic mass is 9.96. The quantitative estimate of drug-likeness (QED) is 0.750. The van der Waals surface area contributed by atoms with Crippen LogP contribution in [0.1, 0.15) is 34.1 Å². The standard InChI is InChI=1S/C12H26N2O/c1-5-12(4)10-14(7-6-13-12)8-9-15-11(2)3/h11,13H,5-10H2,1-4H3. The van der Waals surface area contributed by atoms with Crippen LogP contribution in [0.5, 0.6) is 0 Å². The normalized spacial score (nSPS) is 28.6. The van der Waals surface area contributed by atoms with E-state index in [1.54, 1.807) is 0 Å². The van der Waals surface area contributed by atoms with Gasteiger partial charge in [0, 0.05) is 31.7 Å². The molecule has 1 saturated heterocycles. The van der Waals surface area contributed by atoms with Crippen molar-refractivity contribution in [3.63, 3.8) is 0 Å². The Balaban J connectivity index is 2.24. The highest BCUT2D eigenvalue weighted by atomic mass is 16.5. The highest BCUT2D eigenvalue weighted by molar-refractivity contribution is 4.89. The highest BCUT2D eigenvalue weighted by Gasteiger charge is 2.28. The number of piperazine rings is 1. The molecular weight excluding hydrogens is 188 g/mol. The third-order valence-corrected chi connectivity index (χ3v) is 3.19. The first-order chi connectivity index (χ1) is 7.06. The number of rotatable bonds is 5. The molecule has 0 aromatic rings. The maximum atomic E-state index is 5.58. The van der Waals surface area contributed by atoms with Gasteiger partial charge in [-0.05, 0) is 27.2 Å². The Morgan fingerprint density at radius 3 is 2.80 bits per heavy atom. The summed E-state index contributed by atoms with van der Waals surface area (Å²) in [5.74, 6) is 0. The van der Waals surface area contributed by atoms with Crippen LogP contribution in [0.25, 0.3) is 0 Å². The molecule has 0 amide bonds. The Morgan fingerprint density at radius 2 is 2.20 bits per heavy atom. The average Bonchev–Trinajstić information content (AvgIpc) is 2.17. The highest BCUT2D eigenvalue weighted by Crippen LogP contribution is 2.14. The molecule has 1 rings (SSSR count). The van der Waals surface area contributed by atoms with E-state index in [2.05, 4.69) is 37.9 Å². The average molecular weight is 214 g/mol. The summed E-state index contributed by atoms with van der Waals surface area (Å²) in [6.45, 7) is 14.1. The Hall–Kier alpha value is -0.120. The number of hydrogen-bond acceptors (Lipinski definition) is 3. The summed E-state index contributed by atoms with van der Waals surface area (Å²) >= 11 is 0. The van der Waals surface area contributed by atoms with Gasteiger partial charge in [-0.3, -0.25) is 4.90 Å². The van der Waals surface area contributed by atoms with E-state index in [1.807, 2.05) is 0 Å². The van der Waals surface area contributed by atoms with Crippen LogP contribution >= 0.6 is 0 Å². The molecule has 1 N–H and O–H groups in total. The summed E-state index contributed by atoms with van der Waals surface area (Å²) in [7, 11) is 0. The second-order valence-electron chi connectivity index (χ2n) is 5.04. The van der Waals surface area contributed by atoms with Gasteiger partial charge in [-0.25, -0.2) is 0 Å². The Kier molecular flexibility index (Phi) is 5.03. The zero-order valence-corrected chi connectivity index (χ0v) is 10.7. The van der Waals surface area contributed by atoms with E-state index < -0.39 is 0 Å². The fraction of sp³-hybridized carbons (Fsp3) is 1.00. The summed E-state index contributed by atoms with van der Waals surface area (Å²) in [6.07, 6.45) is 1.54. The number of hydrogen-bond donors (Lipinski definition) is 1. The largest absolute Gasteiger partial charge is 0.377 e. The van der Waals surface area contributed by atoms with E-state index in [1.165, 1.54) is 6.42 Å². The van der Waals surface area contributed by atoms with Crippen LogP contribution in [0.3, 0.4) is 0 Å². The van der Waals surface area contributed by atoms with Crippen LogP contribution in [0.4, 0.5) is 0 Å². The third kappa shape index (κ3) is 4.49. The molecule has 0 radical (unpaired) electrons. The molecule has 1 unspecified atom stereocenters. The molecule has 0 aromatic carbocycles. The number of nitrogens with one attached hydrogen (secondary N) is 1. The molecular formula is C12H26N2O. The van der Waals surface area contributed by atoms with E-state index in [-0.39, 0.29) is 0 Å². The molecule has 1 aliphatic heterocycles. The van der Waals surface area contributed by atoms with Gasteiger partial charge in [0.2, 0.25) is 0 Å². The molecule has 0 bridgehead atoms. The van der Waals surface area contributed by atoms with Crippen molar-refractivity contribution in [2.24, 2.45) is 0 Å². The van der Waals surface area contributed by atoms with E-state index >= 15 is 0 Å². The lowest BCUT2D eigenvalue weighted by Crippen LogP contribution is -2.58. The predicted molar refractivity (Wildman–Crippen MR) is 64.2 cm³/mol. The molecule has 0 saturated carbocycles. The van der Waals surface area contributed by atoms with Crippen molar-refractivity contribution in [2.45, 2.75) is 45.8 Å². The molecule has 0 spiro atoms. The first-order valence-corrected chi connectivity index (χ1v) is 6.15. The van der Waals surface area contributed by atoms with Gasteiger partial charge in [-0.2, -0.15) is 0 Å². The van der Waals surface area contributed by atoms with Crippen molar-refractivity contribution in [3.8, 4) is 0 Å². The van der Waals surface area contributed by atoms with Crippen LogP contribution in [-0.2, 0) is 4.74 Å². The summed E-state index contributed by atoms with van der Waals surface area (Å²) in [5, 5.41) is 3.59. The smallest absolute Gasteiger partial charge is 0.0596 e. The molecule has 1 atom stereocenters. The zero-order chi connectivity index (χ0) is 11.3. The van der Waals surface area contributed by atoms with Crippen molar-refractivity contribution < 1.29 is 4.74 Å². The SMILES string of the molecule is CCC1(C)CN(CCOC(C)C)CCN1. The maximum absolute atomic E-state index is 5.58. The molecule has 3 heteroatoms. The second kappa shape index (κ2) is 5.83. The zero-order valence-electron chi connectivity index (χ0n) is 10.7. The summed E-state index contributed by atoms with van der Waals surface area (Å²) < 4.78 is 5.58. The van der Waals surface area contributed by atoms with E-state index in [0.29, 0.717) is 11.6 Å². The van der Waals surface area contributed by atoms with Gasteiger partial charge in [-0.15, -0.1) is 0 Å². The molecule has 1 fully saturated rings. The minimum atomic E-state index is 0.302. The predicted octanol–water partition coefficient (Wildman–Crippen LogP) is 1.49. The minimum Gasteiger partial charge on any atom is -0.377 e.